The zero-order valence-electron chi connectivity index (χ0n) is 16.5. The summed E-state index contributed by atoms with van der Waals surface area (Å²) in [5.74, 6) is 1.60. The molecule has 0 aromatic heterocycles. The molecule has 0 saturated carbocycles. The van der Waals surface area contributed by atoms with Gasteiger partial charge in [-0.25, -0.2) is 0 Å². The van der Waals surface area contributed by atoms with E-state index in [-0.39, 0.29) is 5.91 Å². The molecule has 0 radical (unpaired) electrons. The van der Waals surface area contributed by atoms with E-state index in [1.54, 1.807) is 14.2 Å². The van der Waals surface area contributed by atoms with E-state index in [4.69, 9.17) is 21.1 Å². The van der Waals surface area contributed by atoms with Gasteiger partial charge >= 0.3 is 0 Å². The van der Waals surface area contributed by atoms with E-state index in [1.807, 2.05) is 24.3 Å². The normalized spacial score (nSPS) is 13.7. The van der Waals surface area contributed by atoms with Crippen LogP contribution in [0.2, 0.25) is 5.02 Å². The number of amides is 1. The van der Waals surface area contributed by atoms with Crippen molar-refractivity contribution in [2.24, 2.45) is 0 Å². The van der Waals surface area contributed by atoms with Gasteiger partial charge in [0.25, 0.3) is 0 Å². The summed E-state index contributed by atoms with van der Waals surface area (Å²) in [6.45, 7) is 3.29. The summed E-state index contributed by atoms with van der Waals surface area (Å²) < 4.78 is 10.8. The SMILES string of the molecule is COc1cc2c(cc1OC)CN(CCNC(=O)CCc1ccccc1Cl)CC2. The smallest absolute Gasteiger partial charge is 0.220 e. The molecule has 6 heteroatoms. The van der Waals surface area contributed by atoms with Crippen molar-refractivity contribution in [2.75, 3.05) is 33.9 Å². The molecule has 1 heterocycles. The first-order valence-corrected chi connectivity index (χ1v) is 9.94. The van der Waals surface area contributed by atoms with Gasteiger partial charge in [-0.2, -0.15) is 0 Å². The number of aryl methyl sites for hydroxylation is 1. The lowest BCUT2D eigenvalue weighted by atomic mass is 9.99. The summed E-state index contributed by atoms with van der Waals surface area (Å²) in [6.07, 6.45) is 2.07. The minimum absolute atomic E-state index is 0.0590. The summed E-state index contributed by atoms with van der Waals surface area (Å²) >= 11 is 6.14. The number of hydrogen-bond donors (Lipinski definition) is 1. The van der Waals surface area contributed by atoms with Crippen LogP contribution in [0.25, 0.3) is 0 Å². The molecule has 3 rings (SSSR count). The van der Waals surface area contributed by atoms with Gasteiger partial charge in [-0.3, -0.25) is 9.69 Å². The summed E-state index contributed by atoms with van der Waals surface area (Å²) in [4.78, 5) is 14.5. The number of methoxy groups -OCH3 is 2. The maximum Gasteiger partial charge on any atom is 0.220 e. The molecule has 0 atom stereocenters. The lowest BCUT2D eigenvalue weighted by Gasteiger charge is -2.29. The molecule has 0 unspecified atom stereocenters. The van der Waals surface area contributed by atoms with Crippen LogP contribution in [0.4, 0.5) is 0 Å². The number of carbonyl (C=O) groups excluding carboxylic acids is 1. The number of carbonyl (C=O) groups is 1. The Morgan fingerprint density at radius 1 is 1.14 bits per heavy atom. The van der Waals surface area contributed by atoms with Crippen LogP contribution in [0.1, 0.15) is 23.1 Å². The number of rotatable bonds is 8. The van der Waals surface area contributed by atoms with Gasteiger partial charge < -0.3 is 14.8 Å². The van der Waals surface area contributed by atoms with Gasteiger partial charge in [0.2, 0.25) is 5.91 Å². The highest BCUT2D eigenvalue weighted by Crippen LogP contribution is 2.33. The molecule has 0 fully saturated rings. The number of benzene rings is 2. The third kappa shape index (κ3) is 5.18. The average molecular weight is 403 g/mol. The van der Waals surface area contributed by atoms with E-state index in [0.29, 0.717) is 24.4 Å². The van der Waals surface area contributed by atoms with Gasteiger partial charge in [0.1, 0.15) is 0 Å². The summed E-state index contributed by atoms with van der Waals surface area (Å²) in [7, 11) is 3.32. The second-order valence-corrected chi connectivity index (χ2v) is 7.35. The largest absolute Gasteiger partial charge is 0.493 e. The Bertz CT molecular complexity index is 825. The maximum absolute atomic E-state index is 12.1. The number of fused-ring (bicyclic) bond motifs is 1. The van der Waals surface area contributed by atoms with Gasteiger partial charge in [0.05, 0.1) is 14.2 Å². The standard InChI is InChI=1S/C22H27ClN2O3/c1-27-20-13-17-9-11-25(15-18(17)14-21(20)28-2)12-10-24-22(26)8-7-16-5-3-4-6-19(16)23/h3-6,13-14H,7-12,15H2,1-2H3,(H,24,26). The van der Waals surface area contributed by atoms with Gasteiger partial charge in [0.15, 0.2) is 11.5 Å². The predicted octanol–water partition coefficient (Wildman–Crippen LogP) is 3.46. The minimum atomic E-state index is 0.0590. The molecule has 1 aliphatic rings. The van der Waals surface area contributed by atoms with Gasteiger partial charge in [-0.1, -0.05) is 29.8 Å². The molecule has 5 nitrogen and oxygen atoms in total. The number of halogens is 1. The maximum atomic E-state index is 12.1. The van der Waals surface area contributed by atoms with Crippen molar-refractivity contribution < 1.29 is 14.3 Å². The first-order valence-electron chi connectivity index (χ1n) is 9.57. The first-order chi connectivity index (χ1) is 13.6. The molecule has 0 bridgehead atoms. The Hall–Kier alpha value is -2.24. The van der Waals surface area contributed by atoms with Crippen molar-refractivity contribution in [2.45, 2.75) is 25.8 Å². The Balaban J connectivity index is 1.45. The molecule has 28 heavy (non-hydrogen) atoms. The lowest BCUT2D eigenvalue weighted by molar-refractivity contribution is -0.121. The number of hydrogen-bond acceptors (Lipinski definition) is 4. The summed E-state index contributed by atoms with van der Waals surface area (Å²) in [5.41, 5.74) is 3.57. The van der Waals surface area contributed by atoms with Crippen molar-refractivity contribution in [3.8, 4) is 11.5 Å². The molecule has 0 spiro atoms. The fourth-order valence-corrected chi connectivity index (χ4v) is 3.75. The van der Waals surface area contributed by atoms with Crippen molar-refractivity contribution in [1.29, 1.82) is 0 Å². The van der Waals surface area contributed by atoms with Crippen LogP contribution in [0.15, 0.2) is 36.4 Å². The highest BCUT2D eigenvalue weighted by Gasteiger charge is 2.19. The third-order valence-corrected chi connectivity index (χ3v) is 5.50. The van der Waals surface area contributed by atoms with Crippen LogP contribution in [0, 0.1) is 0 Å². The Morgan fingerprint density at radius 2 is 1.86 bits per heavy atom. The molecule has 2 aromatic carbocycles. The second kappa shape index (κ2) is 9.80. The van der Waals surface area contributed by atoms with E-state index >= 15 is 0 Å². The molecule has 1 N–H and O–H groups in total. The van der Waals surface area contributed by atoms with E-state index in [2.05, 4.69) is 22.3 Å². The Labute approximate surface area is 171 Å². The van der Waals surface area contributed by atoms with E-state index in [0.717, 1.165) is 43.1 Å². The fourth-order valence-electron chi connectivity index (χ4n) is 3.52. The minimum Gasteiger partial charge on any atom is -0.493 e. The molecule has 2 aromatic rings. The first kappa shape index (κ1) is 20.5. The van der Waals surface area contributed by atoms with E-state index in [9.17, 15) is 4.79 Å². The van der Waals surface area contributed by atoms with Gasteiger partial charge in [-0.15, -0.1) is 0 Å². The molecule has 0 aliphatic carbocycles. The topological polar surface area (TPSA) is 50.8 Å². The van der Waals surface area contributed by atoms with Crippen molar-refractivity contribution in [3.63, 3.8) is 0 Å². The van der Waals surface area contributed by atoms with Crippen LogP contribution in [0.5, 0.6) is 11.5 Å². The number of nitrogens with zero attached hydrogens (tertiary/aromatic N) is 1. The number of ether oxygens (including phenoxy) is 2. The molecule has 0 saturated heterocycles. The van der Waals surface area contributed by atoms with Crippen molar-refractivity contribution in [3.05, 3.63) is 58.1 Å². The fraction of sp³-hybridized carbons (Fsp3) is 0.409. The molecular formula is C22H27ClN2O3. The van der Waals surface area contributed by atoms with E-state index in [1.165, 1.54) is 11.1 Å². The lowest BCUT2D eigenvalue weighted by Crippen LogP contribution is -2.37. The monoisotopic (exact) mass is 402 g/mol. The highest BCUT2D eigenvalue weighted by molar-refractivity contribution is 6.31. The van der Waals surface area contributed by atoms with Gasteiger partial charge in [-0.05, 0) is 47.7 Å². The van der Waals surface area contributed by atoms with E-state index < -0.39 is 0 Å². The molecular weight excluding hydrogens is 376 g/mol. The van der Waals surface area contributed by atoms with Crippen LogP contribution in [-0.2, 0) is 24.2 Å². The van der Waals surface area contributed by atoms with Crippen LogP contribution < -0.4 is 14.8 Å². The molecule has 1 amide bonds. The van der Waals surface area contributed by atoms with Crippen molar-refractivity contribution >= 4 is 17.5 Å². The zero-order valence-corrected chi connectivity index (χ0v) is 17.2. The van der Waals surface area contributed by atoms with Crippen molar-refractivity contribution in [1.82, 2.24) is 10.2 Å². The Morgan fingerprint density at radius 3 is 2.57 bits per heavy atom. The van der Waals surface area contributed by atoms with Crippen LogP contribution in [-0.4, -0.2) is 44.7 Å². The molecule has 1 aliphatic heterocycles. The second-order valence-electron chi connectivity index (χ2n) is 6.94. The summed E-state index contributed by atoms with van der Waals surface area (Å²) in [5, 5.41) is 3.73. The quantitative estimate of drug-likeness (QED) is 0.734. The number of nitrogens with one attached hydrogen (secondary N) is 1. The highest BCUT2D eigenvalue weighted by atomic mass is 35.5. The zero-order chi connectivity index (χ0) is 19.9. The third-order valence-electron chi connectivity index (χ3n) is 5.13. The van der Waals surface area contributed by atoms with Crippen LogP contribution >= 0.6 is 11.6 Å². The molecule has 150 valence electrons. The predicted molar refractivity (Wildman–Crippen MR) is 111 cm³/mol. The average Bonchev–Trinajstić information content (AvgIpc) is 2.72. The van der Waals surface area contributed by atoms with Crippen LogP contribution in [0.3, 0.4) is 0 Å². The van der Waals surface area contributed by atoms with Gasteiger partial charge in [0, 0.05) is 37.6 Å². The Kier molecular flexibility index (Phi) is 7.18. The summed E-state index contributed by atoms with van der Waals surface area (Å²) in [6, 6.07) is 11.8.